The van der Waals surface area contributed by atoms with E-state index in [1.165, 1.54) is 0 Å². The highest BCUT2D eigenvalue weighted by atomic mass is 15.9. The Labute approximate surface area is 52.7 Å². The number of hydrogen-bond acceptors (Lipinski definition) is 0. The van der Waals surface area contributed by atoms with E-state index >= 15 is 0 Å². The van der Waals surface area contributed by atoms with E-state index in [0.717, 1.165) is 13.1 Å². The van der Waals surface area contributed by atoms with Crippen LogP contribution in [0.5, 0.6) is 0 Å². The zero-order valence-electron chi connectivity index (χ0n) is 5.70. The second-order valence-electron chi connectivity index (χ2n) is 2.33. The van der Waals surface area contributed by atoms with Gasteiger partial charge in [0.05, 0.1) is 13.1 Å². The Morgan fingerprint density at radius 3 is 1.67 bits per heavy atom. The van der Waals surface area contributed by atoms with Crippen molar-refractivity contribution in [1.29, 1.82) is 0 Å². The van der Waals surface area contributed by atoms with Crippen LogP contribution in [-0.4, -0.2) is 24.4 Å². The summed E-state index contributed by atoms with van der Waals surface area (Å²) in [5, 5.41) is 3.15. The highest BCUT2D eigenvalue weighted by molar-refractivity contribution is 4.48. The zero-order valence-corrected chi connectivity index (χ0v) is 5.70. The van der Waals surface area contributed by atoms with Gasteiger partial charge in [0.25, 0.3) is 0 Å². The monoisotopic (exact) mass is 129 g/mol. The largest absolute Gasteiger partial charge is 0.207 e. The molecule has 0 saturated heterocycles. The van der Waals surface area contributed by atoms with Gasteiger partial charge in [-0.15, -0.1) is 0 Å². The van der Waals surface area contributed by atoms with Crippen LogP contribution in [0.25, 0.3) is 0 Å². The number of hydrogen-bond donors (Lipinski definition) is 1. The van der Waals surface area contributed by atoms with Gasteiger partial charge in [-0.1, -0.05) is 0 Å². The molecular formula is C4H11N5. The third-order valence-electron chi connectivity index (χ3n) is 1.87. The fraction of sp³-hybridized carbons (Fsp3) is 1.00. The van der Waals surface area contributed by atoms with Crippen LogP contribution in [-0.2, 0) is 27.2 Å². The smallest absolute Gasteiger partial charge is 0.0810 e. The van der Waals surface area contributed by atoms with Crippen LogP contribution in [0.2, 0.25) is 0 Å². The van der Waals surface area contributed by atoms with Crippen molar-refractivity contribution in [2.75, 3.05) is 0 Å². The first-order valence-electron chi connectivity index (χ1n) is 3.07. The zero-order chi connectivity index (χ0) is 6.43. The molecule has 0 atom stereocenters. The third-order valence-corrected chi connectivity index (χ3v) is 1.87. The van der Waals surface area contributed by atoms with Crippen LogP contribution in [0.15, 0.2) is 0 Å². The molecule has 0 unspecified atom stereocenters. The number of H-pyrrole nitrogens is 1. The lowest BCUT2D eigenvalue weighted by molar-refractivity contribution is 0.294. The molecule has 1 aliphatic rings. The standard InChI is InChI=1S/C4H11N5/c1-6-7(2)9-4-3-8(6)5-9/h5H,3-4H2,1-2H3. The number of rotatable bonds is 0. The third kappa shape index (κ3) is 0.438. The minimum atomic E-state index is 1.07. The molecule has 1 N–H and O–H groups in total. The lowest BCUT2D eigenvalue weighted by atomic mass is 10.7. The fourth-order valence-electron chi connectivity index (χ4n) is 1.15. The van der Waals surface area contributed by atoms with E-state index in [1.807, 2.05) is 23.7 Å². The molecule has 0 radical (unpaired) electrons. The predicted molar refractivity (Wildman–Crippen MR) is 32.3 cm³/mol. The summed E-state index contributed by atoms with van der Waals surface area (Å²) in [5.41, 5.74) is 0. The summed E-state index contributed by atoms with van der Waals surface area (Å²) in [7, 11) is 4.04. The summed E-state index contributed by atoms with van der Waals surface area (Å²) < 4.78 is 0. The molecule has 2 rings (SSSR count). The number of aromatic amines is 1. The van der Waals surface area contributed by atoms with Gasteiger partial charge in [-0.05, 0) is 0 Å². The maximum absolute atomic E-state index is 3.15. The van der Waals surface area contributed by atoms with Crippen molar-refractivity contribution in [2.24, 2.45) is 14.1 Å². The molecule has 2 bridgehead atoms. The van der Waals surface area contributed by atoms with E-state index in [-0.39, 0.29) is 0 Å². The minimum Gasteiger partial charge on any atom is -0.207 e. The lowest BCUT2D eigenvalue weighted by Crippen LogP contribution is -2.24. The van der Waals surface area contributed by atoms with Gasteiger partial charge in [0.2, 0.25) is 0 Å². The molecule has 1 aromatic heterocycles. The Hall–Kier alpha value is -1.00. The molecule has 0 aromatic carbocycles. The molecule has 0 spiro atoms. The van der Waals surface area contributed by atoms with Crippen LogP contribution >= 0.6 is 0 Å². The highest BCUT2D eigenvalue weighted by Gasteiger charge is 2.08. The molecule has 9 heavy (non-hydrogen) atoms. The van der Waals surface area contributed by atoms with Gasteiger partial charge in [0.1, 0.15) is 0 Å². The number of aryl methyl sites for hydroxylation is 2. The molecule has 0 fully saturated rings. The number of nitrogens with zero attached hydrogens (tertiary/aromatic N) is 4. The molecule has 5 heteroatoms. The Balaban J connectivity index is 2.71. The first-order chi connectivity index (χ1) is 4.29. The van der Waals surface area contributed by atoms with Gasteiger partial charge in [-0.25, -0.2) is 5.21 Å². The van der Waals surface area contributed by atoms with Crippen LogP contribution in [0.3, 0.4) is 0 Å². The summed E-state index contributed by atoms with van der Waals surface area (Å²) in [4.78, 5) is 8.17. The van der Waals surface area contributed by atoms with E-state index < -0.39 is 0 Å². The SMILES string of the molecule is Cn1n2[nH]n(n1C)CC2. The molecule has 1 aliphatic heterocycles. The summed E-state index contributed by atoms with van der Waals surface area (Å²) in [6.45, 7) is 2.14. The average molecular weight is 129 g/mol. The predicted octanol–water partition coefficient (Wildman–Crippen LogP) is -0.567. The van der Waals surface area contributed by atoms with Gasteiger partial charge >= 0.3 is 0 Å². The molecule has 52 valence electrons. The first kappa shape index (κ1) is 4.84. The number of nitrogens with one attached hydrogen (secondary N) is 1. The fourth-order valence-corrected chi connectivity index (χ4v) is 1.15. The van der Waals surface area contributed by atoms with E-state index in [1.54, 1.807) is 0 Å². The van der Waals surface area contributed by atoms with Crippen molar-refractivity contribution in [2.45, 2.75) is 13.1 Å². The Kier molecular flexibility index (Phi) is 0.691. The molecule has 1 aromatic rings. The maximum atomic E-state index is 3.15. The van der Waals surface area contributed by atoms with Crippen molar-refractivity contribution < 1.29 is 0 Å². The van der Waals surface area contributed by atoms with Gasteiger partial charge in [-0.3, -0.25) is 0 Å². The highest BCUT2D eigenvalue weighted by Crippen LogP contribution is 1.95. The van der Waals surface area contributed by atoms with Crippen molar-refractivity contribution in [1.82, 2.24) is 24.4 Å². The lowest BCUT2D eigenvalue weighted by Gasteiger charge is -2.10. The summed E-state index contributed by atoms with van der Waals surface area (Å²) in [6, 6.07) is 0. The Bertz CT molecular complexity index is 225. The van der Waals surface area contributed by atoms with E-state index in [4.69, 9.17) is 0 Å². The van der Waals surface area contributed by atoms with Gasteiger partial charge in [0, 0.05) is 14.1 Å². The summed E-state index contributed by atoms with van der Waals surface area (Å²) in [6.07, 6.45) is 0. The summed E-state index contributed by atoms with van der Waals surface area (Å²) in [5.74, 6) is 0. The van der Waals surface area contributed by atoms with Crippen LogP contribution in [0.4, 0.5) is 0 Å². The van der Waals surface area contributed by atoms with Gasteiger partial charge in [0.15, 0.2) is 0 Å². The quantitative estimate of drug-likeness (QED) is 0.487. The van der Waals surface area contributed by atoms with Crippen molar-refractivity contribution >= 4 is 0 Å². The van der Waals surface area contributed by atoms with Crippen LogP contribution in [0.1, 0.15) is 0 Å². The normalized spacial score (nSPS) is 14.9. The Morgan fingerprint density at radius 1 is 1.00 bits per heavy atom. The molecule has 2 heterocycles. The Morgan fingerprint density at radius 2 is 1.44 bits per heavy atom. The maximum Gasteiger partial charge on any atom is 0.0810 e. The minimum absolute atomic E-state index is 1.07. The van der Waals surface area contributed by atoms with Crippen molar-refractivity contribution in [3.63, 3.8) is 0 Å². The van der Waals surface area contributed by atoms with Gasteiger partial charge in [-0.2, -0.15) is 19.2 Å². The first-order valence-corrected chi connectivity index (χ1v) is 3.07. The van der Waals surface area contributed by atoms with E-state index in [2.05, 4.69) is 14.8 Å². The van der Waals surface area contributed by atoms with Crippen molar-refractivity contribution in [3.05, 3.63) is 0 Å². The van der Waals surface area contributed by atoms with E-state index in [9.17, 15) is 0 Å². The number of fused-ring (bicyclic) bond motifs is 2. The topological polar surface area (TPSA) is 35.5 Å². The molecular weight excluding hydrogens is 118 g/mol. The van der Waals surface area contributed by atoms with Crippen molar-refractivity contribution in [3.8, 4) is 0 Å². The molecule has 5 nitrogen and oxygen atoms in total. The van der Waals surface area contributed by atoms with Crippen LogP contribution < -0.4 is 0 Å². The molecule has 0 amide bonds. The molecule has 0 aliphatic carbocycles. The average Bonchev–Trinajstić information content (AvgIpc) is 2.37. The molecule has 0 saturated carbocycles. The van der Waals surface area contributed by atoms with Gasteiger partial charge < -0.3 is 0 Å². The number of aromatic nitrogens is 5. The summed E-state index contributed by atoms with van der Waals surface area (Å²) >= 11 is 0. The van der Waals surface area contributed by atoms with E-state index in [0.29, 0.717) is 0 Å². The van der Waals surface area contributed by atoms with Crippen LogP contribution in [0, 0.1) is 0 Å². The second-order valence-corrected chi connectivity index (χ2v) is 2.33. The second kappa shape index (κ2) is 1.29.